The van der Waals surface area contributed by atoms with Crippen molar-refractivity contribution >= 4 is 12.4 Å². The Bertz CT molecular complexity index is 27.0. The molecular formula is C2H6ClF2N. The Morgan fingerprint density at radius 2 is 1.50 bits per heavy atom. The molecule has 2 N–H and O–H groups in total. The van der Waals surface area contributed by atoms with Gasteiger partial charge in [-0.15, -0.1) is 12.4 Å². The summed E-state index contributed by atoms with van der Waals surface area (Å²) in [4.78, 5) is 0. The first-order valence-corrected chi connectivity index (χ1v) is 1.17. The van der Waals surface area contributed by atoms with Gasteiger partial charge < -0.3 is 0 Å². The van der Waals surface area contributed by atoms with E-state index in [2.05, 4.69) is 5.73 Å². The summed E-state index contributed by atoms with van der Waals surface area (Å²) < 4.78 is 21.6. The van der Waals surface area contributed by atoms with Crippen molar-refractivity contribution in [2.24, 2.45) is 5.73 Å². The van der Waals surface area contributed by atoms with Crippen molar-refractivity contribution in [2.45, 2.75) is 13.0 Å². The summed E-state index contributed by atoms with van der Waals surface area (Å²) in [6.45, 7) is 0.632. The highest BCUT2D eigenvalue weighted by molar-refractivity contribution is 5.85. The number of hydrogen-bond donors (Lipinski definition) is 1. The molecule has 0 saturated carbocycles. The summed E-state index contributed by atoms with van der Waals surface area (Å²) in [6.07, 6.45) is 0. The summed E-state index contributed by atoms with van der Waals surface area (Å²) in [5, 5.41) is 0. The third kappa shape index (κ3) is 3290. The highest BCUT2D eigenvalue weighted by Gasteiger charge is 2.09. The maximum atomic E-state index is 10.8. The predicted molar refractivity (Wildman–Crippen MR) is 22.1 cm³/mol. The quantitative estimate of drug-likeness (QED) is 0.471. The van der Waals surface area contributed by atoms with Gasteiger partial charge in [0.1, 0.15) is 0 Å². The first-order chi connectivity index (χ1) is 2.00. The minimum atomic E-state index is -3.00. The molecule has 0 atom stereocenters. The van der Waals surface area contributed by atoms with Gasteiger partial charge in [-0.2, -0.15) is 8.78 Å². The molecule has 1 nitrogen and oxygen atoms in total. The van der Waals surface area contributed by atoms with E-state index in [4.69, 9.17) is 0 Å². The Hall–Kier alpha value is 0.110. The van der Waals surface area contributed by atoms with Crippen molar-refractivity contribution in [1.82, 2.24) is 0 Å². The molecule has 0 fully saturated rings. The van der Waals surface area contributed by atoms with E-state index in [0.29, 0.717) is 6.92 Å². The maximum absolute atomic E-state index is 10.8. The van der Waals surface area contributed by atoms with Gasteiger partial charge in [-0.25, -0.2) is 0 Å². The summed E-state index contributed by atoms with van der Waals surface area (Å²) in [5.41, 5.74) is 4.02. The zero-order valence-electron chi connectivity index (χ0n) is 3.24. The number of nitrogens with two attached hydrogens (primary N) is 1. The number of halogens is 3. The van der Waals surface area contributed by atoms with Crippen LogP contribution in [0.1, 0.15) is 6.92 Å². The van der Waals surface area contributed by atoms with Crippen molar-refractivity contribution in [3.8, 4) is 0 Å². The lowest BCUT2D eigenvalue weighted by Crippen LogP contribution is -2.22. The lowest BCUT2D eigenvalue weighted by atomic mass is 10.7. The lowest BCUT2D eigenvalue weighted by molar-refractivity contribution is 0.0295. The van der Waals surface area contributed by atoms with E-state index < -0.39 is 6.05 Å². The molecule has 0 aliphatic heterocycles. The molecular weight excluding hydrogens is 111 g/mol. The van der Waals surface area contributed by atoms with Gasteiger partial charge in [0.2, 0.25) is 0 Å². The molecule has 0 aromatic heterocycles. The monoisotopic (exact) mass is 117 g/mol. The van der Waals surface area contributed by atoms with E-state index in [9.17, 15) is 8.78 Å². The van der Waals surface area contributed by atoms with Crippen LogP contribution in [0, 0.1) is 0 Å². The summed E-state index contributed by atoms with van der Waals surface area (Å²) in [7, 11) is 0. The topological polar surface area (TPSA) is 26.0 Å². The van der Waals surface area contributed by atoms with Crippen LogP contribution in [-0.4, -0.2) is 6.05 Å². The van der Waals surface area contributed by atoms with Crippen molar-refractivity contribution in [3.63, 3.8) is 0 Å². The Labute approximate surface area is 40.9 Å². The highest BCUT2D eigenvalue weighted by Crippen LogP contribution is 1.97. The van der Waals surface area contributed by atoms with Gasteiger partial charge in [0.15, 0.2) is 0 Å². The third-order valence-corrected chi connectivity index (χ3v) is 0. The first kappa shape index (κ1) is 9.44. The maximum Gasteiger partial charge on any atom is 0.297 e. The Kier molecular flexibility index (Phi) is 3.64. The van der Waals surface area contributed by atoms with Gasteiger partial charge in [0, 0.05) is 6.92 Å². The molecule has 0 unspecified atom stereocenters. The second-order valence-corrected chi connectivity index (χ2v) is 0.956. The van der Waals surface area contributed by atoms with E-state index in [-0.39, 0.29) is 12.4 Å². The molecule has 4 heteroatoms. The van der Waals surface area contributed by atoms with Crippen LogP contribution in [-0.2, 0) is 0 Å². The van der Waals surface area contributed by atoms with Crippen LogP contribution in [0.4, 0.5) is 8.78 Å². The standard InChI is InChI=1S/C2H5F2N.ClH/c1-2(3,4)5;/h5H2,1H3;1H. The van der Waals surface area contributed by atoms with Gasteiger partial charge in [0.05, 0.1) is 0 Å². The van der Waals surface area contributed by atoms with Crippen molar-refractivity contribution in [1.29, 1.82) is 0 Å². The zero-order chi connectivity index (χ0) is 4.50. The molecule has 0 heterocycles. The fourth-order valence-corrected chi connectivity index (χ4v) is 0. The van der Waals surface area contributed by atoms with Gasteiger partial charge in [0.25, 0.3) is 6.05 Å². The Morgan fingerprint density at radius 3 is 1.50 bits per heavy atom. The first-order valence-electron chi connectivity index (χ1n) is 1.17. The second-order valence-electron chi connectivity index (χ2n) is 0.956. The average Bonchev–Trinajstić information content (AvgIpc) is 0.722. The summed E-state index contributed by atoms with van der Waals surface area (Å²) >= 11 is 0. The van der Waals surface area contributed by atoms with Crippen molar-refractivity contribution in [2.75, 3.05) is 0 Å². The zero-order valence-corrected chi connectivity index (χ0v) is 4.06. The fourth-order valence-electron chi connectivity index (χ4n) is 0. The van der Waals surface area contributed by atoms with Gasteiger partial charge in [-0.3, -0.25) is 5.73 Å². The third-order valence-electron chi connectivity index (χ3n) is 0. The van der Waals surface area contributed by atoms with Crippen LogP contribution in [0.15, 0.2) is 0 Å². The smallest absolute Gasteiger partial charge is 0.272 e. The number of hydrogen-bond acceptors (Lipinski definition) is 1. The van der Waals surface area contributed by atoms with Crippen LogP contribution >= 0.6 is 12.4 Å². The normalized spacial score (nSPS) is 10.0. The summed E-state index contributed by atoms with van der Waals surface area (Å²) in [5.74, 6) is 0. The number of alkyl halides is 2. The fraction of sp³-hybridized carbons (Fsp3) is 1.00. The van der Waals surface area contributed by atoms with Gasteiger partial charge in [-0.05, 0) is 0 Å². The SMILES string of the molecule is CC(N)(F)F.Cl. The molecule has 0 aliphatic carbocycles. The largest absolute Gasteiger partial charge is 0.297 e. The minimum absolute atomic E-state index is 0. The molecule has 0 bridgehead atoms. The molecule has 0 radical (unpaired) electrons. The molecule has 0 rings (SSSR count). The molecule has 0 aromatic carbocycles. The van der Waals surface area contributed by atoms with Crippen LogP contribution < -0.4 is 5.73 Å². The van der Waals surface area contributed by atoms with E-state index in [1.165, 1.54) is 0 Å². The van der Waals surface area contributed by atoms with Gasteiger partial charge in [-0.1, -0.05) is 0 Å². The highest BCUT2D eigenvalue weighted by atomic mass is 35.5. The molecule has 0 spiro atoms. The van der Waals surface area contributed by atoms with Crippen LogP contribution in [0.5, 0.6) is 0 Å². The van der Waals surface area contributed by atoms with E-state index in [0.717, 1.165) is 0 Å². The Balaban J connectivity index is 0. The lowest BCUT2D eigenvalue weighted by Gasteiger charge is -1.95. The molecule has 0 aliphatic rings. The molecule has 40 valence electrons. The van der Waals surface area contributed by atoms with Crippen molar-refractivity contribution in [3.05, 3.63) is 0 Å². The van der Waals surface area contributed by atoms with E-state index >= 15 is 0 Å². The number of rotatable bonds is 0. The molecule has 0 saturated heterocycles. The summed E-state index contributed by atoms with van der Waals surface area (Å²) in [6, 6.07) is -3.00. The Morgan fingerprint density at radius 1 is 1.50 bits per heavy atom. The second kappa shape index (κ2) is 2.31. The minimum Gasteiger partial charge on any atom is -0.272 e. The van der Waals surface area contributed by atoms with E-state index in [1.807, 2.05) is 0 Å². The van der Waals surface area contributed by atoms with Crippen molar-refractivity contribution < 1.29 is 8.78 Å². The van der Waals surface area contributed by atoms with Crippen LogP contribution in [0.25, 0.3) is 0 Å². The predicted octanol–water partition coefficient (Wildman–Crippen LogP) is 0.980. The van der Waals surface area contributed by atoms with Crippen LogP contribution in [0.3, 0.4) is 0 Å². The molecule has 0 amide bonds. The van der Waals surface area contributed by atoms with Gasteiger partial charge >= 0.3 is 0 Å². The molecule has 6 heavy (non-hydrogen) atoms. The molecule has 0 aromatic rings. The van der Waals surface area contributed by atoms with E-state index in [1.54, 1.807) is 0 Å². The average molecular weight is 118 g/mol. The van der Waals surface area contributed by atoms with Crippen LogP contribution in [0.2, 0.25) is 0 Å².